The van der Waals surface area contributed by atoms with Gasteiger partial charge < -0.3 is 20.6 Å². The number of carbonyl (C=O) groups is 2. The molecule has 0 spiro atoms. The van der Waals surface area contributed by atoms with Crippen molar-refractivity contribution in [3.8, 4) is 0 Å². The summed E-state index contributed by atoms with van der Waals surface area (Å²) in [7, 11) is -3.69. The van der Waals surface area contributed by atoms with Gasteiger partial charge in [0.15, 0.2) is 5.78 Å². The van der Waals surface area contributed by atoms with Gasteiger partial charge in [0.1, 0.15) is 11.7 Å². The summed E-state index contributed by atoms with van der Waals surface area (Å²) >= 11 is 0. The molecule has 180 valence electrons. The summed E-state index contributed by atoms with van der Waals surface area (Å²) < 4.78 is 42.4. The number of hydrogen-bond acceptors (Lipinski definition) is 7. The van der Waals surface area contributed by atoms with Gasteiger partial charge in [0, 0.05) is 50.0 Å². The first-order chi connectivity index (χ1) is 16.2. The van der Waals surface area contributed by atoms with Gasteiger partial charge in [0.05, 0.1) is 16.3 Å². The number of nitrogens with zero attached hydrogens (tertiary/aromatic N) is 3. The molecule has 0 amide bonds. The minimum absolute atomic E-state index is 0.0739. The van der Waals surface area contributed by atoms with Crippen LogP contribution < -0.4 is 15.5 Å². The number of benzene rings is 2. The first-order valence-corrected chi connectivity index (χ1v) is 12.6. The van der Waals surface area contributed by atoms with Crippen molar-refractivity contribution in [3.63, 3.8) is 0 Å². The number of carboxylic acids is 1. The number of nitrogen functional groups attached to an aromatic ring is 1. The van der Waals surface area contributed by atoms with Crippen molar-refractivity contribution in [2.24, 2.45) is 5.92 Å². The van der Waals surface area contributed by atoms with Crippen molar-refractivity contribution < 1.29 is 27.5 Å². The van der Waals surface area contributed by atoms with E-state index in [0.717, 1.165) is 18.9 Å². The SMILES string of the molecule is Nc1ccc(S(=O)(=O)N2CCN(c3cc4c(cc3F)C(=O)C(C(=O)O)CN4C3CC3)CC2)cc1. The third-order valence-corrected chi connectivity index (χ3v) is 8.63. The molecule has 3 aliphatic rings. The first kappa shape index (κ1) is 22.6. The minimum Gasteiger partial charge on any atom is -0.481 e. The Bertz CT molecular complexity index is 1250. The zero-order chi connectivity index (χ0) is 24.2. The number of nitrogens with two attached hydrogens (primary N) is 1. The fourth-order valence-electron chi connectivity index (χ4n) is 4.67. The van der Waals surface area contributed by atoms with Crippen LogP contribution in [-0.4, -0.2) is 68.3 Å². The molecule has 2 aromatic rings. The standard InChI is InChI=1S/C23H25FN4O5S/c24-19-11-17-20(28(15-3-4-15)13-18(22(17)29)23(30)31)12-21(19)26-7-9-27(10-8-26)34(32,33)16-5-1-14(25)2-6-16/h1-2,5-6,11-12,15,18H,3-4,7-10,13,25H2,(H,30,31). The lowest BCUT2D eigenvalue weighted by Gasteiger charge is -2.38. The summed E-state index contributed by atoms with van der Waals surface area (Å²) in [6, 6.07) is 8.90. The highest BCUT2D eigenvalue weighted by Gasteiger charge is 2.43. The number of hydrogen-bond donors (Lipinski definition) is 2. The largest absolute Gasteiger partial charge is 0.481 e. The second kappa shape index (κ2) is 8.24. The number of Topliss-reactive ketones (excluding diaryl/α,β-unsaturated/α-hetero) is 1. The number of aliphatic carboxylic acids is 1. The predicted molar refractivity (Wildman–Crippen MR) is 124 cm³/mol. The molecule has 1 aliphatic carbocycles. The summed E-state index contributed by atoms with van der Waals surface area (Å²) in [6.07, 6.45) is 1.79. The quantitative estimate of drug-likeness (QED) is 0.482. The van der Waals surface area contributed by atoms with Gasteiger partial charge in [-0.3, -0.25) is 9.59 Å². The van der Waals surface area contributed by atoms with Crippen molar-refractivity contribution in [2.75, 3.05) is 48.3 Å². The van der Waals surface area contributed by atoms with E-state index in [-0.39, 0.29) is 54.9 Å². The molecule has 2 heterocycles. The molecule has 11 heteroatoms. The van der Waals surface area contributed by atoms with Crippen LogP contribution in [0.2, 0.25) is 0 Å². The van der Waals surface area contributed by atoms with Gasteiger partial charge in [0.2, 0.25) is 10.0 Å². The fourth-order valence-corrected chi connectivity index (χ4v) is 6.10. The number of carboxylic acid groups (broad SMARTS) is 1. The molecule has 0 aromatic heterocycles. The minimum atomic E-state index is -3.69. The van der Waals surface area contributed by atoms with Crippen molar-refractivity contribution >= 4 is 38.8 Å². The summed E-state index contributed by atoms with van der Waals surface area (Å²) in [4.78, 5) is 28.1. The van der Waals surface area contributed by atoms with Crippen LogP contribution in [0.3, 0.4) is 0 Å². The lowest BCUT2D eigenvalue weighted by Crippen LogP contribution is -2.49. The smallest absolute Gasteiger partial charge is 0.316 e. The van der Waals surface area contributed by atoms with Crippen molar-refractivity contribution in [3.05, 3.63) is 47.8 Å². The summed E-state index contributed by atoms with van der Waals surface area (Å²) in [5.41, 5.74) is 7.06. The van der Waals surface area contributed by atoms with Crippen molar-refractivity contribution in [1.29, 1.82) is 0 Å². The van der Waals surface area contributed by atoms with Crippen LogP contribution in [0.25, 0.3) is 0 Å². The highest BCUT2D eigenvalue weighted by atomic mass is 32.2. The van der Waals surface area contributed by atoms with Crippen LogP contribution in [0.4, 0.5) is 21.5 Å². The monoisotopic (exact) mass is 488 g/mol. The van der Waals surface area contributed by atoms with E-state index in [0.29, 0.717) is 11.4 Å². The van der Waals surface area contributed by atoms with E-state index in [9.17, 15) is 23.1 Å². The van der Waals surface area contributed by atoms with Gasteiger partial charge in [0.25, 0.3) is 0 Å². The van der Waals surface area contributed by atoms with Crippen molar-refractivity contribution in [2.45, 2.75) is 23.8 Å². The average Bonchev–Trinajstić information content (AvgIpc) is 3.65. The Hall–Kier alpha value is -3.18. The number of fused-ring (bicyclic) bond motifs is 1. The predicted octanol–water partition coefficient (Wildman–Crippen LogP) is 1.78. The topological polar surface area (TPSA) is 124 Å². The maximum Gasteiger partial charge on any atom is 0.316 e. The van der Waals surface area contributed by atoms with Crippen LogP contribution >= 0.6 is 0 Å². The van der Waals surface area contributed by atoms with Crippen LogP contribution in [-0.2, 0) is 14.8 Å². The molecule has 0 bridgehead atoms. The Balaban J connectivity index is 1.39. The van der Waals surface area contributed by atoms with Crippen LogP contribution in [0.5, 0.6) is 0 Å². The third kappa shape index (κ3) is 3.88. The number of sulfonamides is 1. The molecule has 2 aliphatic heterocycles. The van der Waals surface area contributed by atoms with E-state index < -0.39 is 33.5 Å². The second-order valence-corrected chi connectivity index (χ2v) is 10.9. The molecule has 1 saturated carbocycles. The molecular weight excluding hydrogens is 463 g/mol. The van der Waals surface area contributed by atoms with Crippen molar-refractivity contribution in [1.82, 2.24) is 4.31 Å². The van der Waals surface area contributed by atoms with E-state index in [1.54, 1.807) is 11.0 Å². The summed E-state index contributed by atoms with van der Waals surface area (Å²) in [5.74, 6) is -3.61. The zero-order valence-electron chi connectivity index (χ0n) is 18.4. The summed E-state index contributed by atoms with van der Waals surface area (Å²) in [6.45, 7) is 0.980. The van der Waals surface area contributed by atoms with Crippen LogP contribution in [0, 0.1) is 11.7 Å². The number of carbonyl (C=O) groups excluding carboxylic acids is 1. The molecular formula is C23H25FN4O5S. The van der Waals surface area contributed by atoms with Gasteiger partial charge >= 0.3 is 5.97 Å². The zero-order valence-corrected chi connectivity index (χ0v) is 19.2. The maximum atomic E-state index is 15.1. The molecule has 34 heavy (non-hydrogen) atoms. The van der Waals surface area contributed by atoms with Gasteiger partial charge in [-0.1, -0.05) is 0 Å². The van der Waals surface area contributed by atoms with E-state index in [2.05, 4.69) is 0 Å². The molecule has 1 saturated heterocycles. The van der Waals surface area contributed by atoms with Crippen LogP contribution in [0.15, 0.2) is 41.3 Å². The first-order valence-electron chi connectivity index (χ1n) is 11.1. The summed E-state index contributed by atoms with van der Waals surface area (Å²) in [5, 5.41) is 9.46. The van der Waals surface area contributed by atoms with Gasteiger partial charge in [-0.05, 0) is 49.2 Å². The Morgan fingerprint density at radius 2 is 1.68 bits per heavy atom. The molecule has 0 radical (unpaired) electrons. The second-order valence-electron chi connectivity index (χ2n) is 8.92. The molecule has 2 fully saturated rings. The van der Waals surface area contributed by atoms with Gasteiger partial charge in [-0.25, -0.2) is 12.8 Å². The Morgan fingerprint density at radius 3 is 2.26 bits per heavy atom. The van der Waals surface area contributed by atoms with Gasteiger partial charge in [-0.2, -0.15) is 4.31 Å². The Morgan fingerprint density at radius 1 is 1.03 bits per heavy atom. The average molecular weight is 489 g/mol. The Kier molecular flexibility index (Phi) is 5.48. The lowest BCUT2D eigenvalue weighted by atomic mass is 9.90. The van der Waals surface area contributed by atoms with E-state index in [4.69, 9.17) is 5.73 Å². The molecule has 1 unspecified atom stereocenters. The fraction of sp³-hybridized carbons (Fsp3) is 0.391. The van der Waals surface area contributed by atoms with E-state index >= 15 is 4.39 Å². The number of halogens is 1. The normalized spacial score (nSPS) is 21.4. The molecule has 1 atom stereocenters. The number of rotatable bonds is 5. The molecule has 9 nitrogen and oxygen atoms in total. The number of anilines is 3. The third-order valence-electron chi connectivity index (χ3n) is 6.72. The highest BCUT2D eigenvalue weighted by molar-refractivity contribution is 7.89. The molecule has 2 aromatic carbocycles. The van der Waals surface area contributed by atoms with E-state index in [1.165, 1.54) is 28.6 Å². The lowest BCUT2D eigenvalue weighted by molar-refractivity contribution is -0.139. The molecule has 5 rings (SSSR count). The number of ketones is 1. The maximum absolute atomic E-state index is 15.1. The van der Waals surface area contributed by atoms with Gasteiger partial charge in [-0.15, -0.1) is 0 Å². The number of piperazine rings is 1. The highest BCUT2D eigenvalue weighted by Crippen LogP contribution is 2.41. The van der Waals surface area contributed by atoms with E-state index in [1.807, 2.05) is 4.90 Å². The molecule has 3 N–H and O–H groups in total. The van der Waals surface area contributed by atoms with Crippen LogP contribution in [0.1, 0.15) is 23.2 Å². The Labute approximate surface area is 196 Å².